The third-order valence-corrected chi connectivity index (χ3v) is 3.00. The highest BCUT2D eigenvalue weighted by Gasteiger charge is 2.03. The van der Waals surface area contributed by atoms with Gasteiger partial charge < -0.3 is 15.5 Å². The molecule has 106 valence electrons. The highest BCUT2D eigenvalue weighted by atomic mass is 16.5. The first-order valence-corrected chi connectivity index (χ1v) is 6.72. The molecule has 0 aliphatic rings. The molecule has 0 spiro atoms. The van der Waals surface area contributed by atoms with Crippen LogP contribution in [0.3, 0.4) is 0 Å². The number of hydrogen-bond acceptors (Lipinski definition) is 4. The molecular weight excluding hydrogens is 254 g/mol. The van der Waals surface area contributed by atoms with Crippen molar-refractivity contribution in [3.05, 3.63) is 57.8 Å². The zero-order chi connectivity index (χ0) is 14.4. The monoisotopic (exact) mass is 273 g/mol. The van der Waals surface area contributed by atoms with Crippen LogP contribution in [-0.2, 0) is 19.4 Å². The lowest BCUT2D eigenvalue weighted by atomic mass is 10.1. The maximum Gasteiger partial charge on any atom is 0.251 e. The van der Waals surface area contributed by atoms with Gasteiger partial charge in [0, 0.05) is 19.0 Å². The Hall–Kier alpha value is -2.14. The fraction of sp³-hybridized carbons (Fsp3) is 0.333. The van der Waals surface area contributed by atoms with Gasteiger partial charge in [0.1, 0.15) is 11.6 Å². The number of nitrogens with one attached hydrogen (secondary N) is 1. The van der Waals surface area contributed by atoms with Crippen LogP contribution in [0.25, 0.3) is 0 Å². The van der Waals surface area contributed by atoms with Crippen molar-refractivity contribution >= 4 is 0 Å². The topological polar surface area (TPSA) is 81.0 Å². The number of aromatic amines is 1. The Morgan fingerprint density at radius 3 is 2.90 bits per heavy atom. The number of hydrogen-bond donors (Lipinski definition) is 2. The molecule has 0 atom stereocenters. The van der Waals surface area contributed by atoms with Crippen LogP contribution in [0, 0.1) is 0 Å². The van der Waals surface area contributed by atoms with E-state index < -0.39 is 0 Å². The lowest BCUT2D eigenvalue weighted by molar-refractivity contribution is 0.315. The lowest BCUT2D eigenvalue weighted by Gasteiger charge is -2.10. The number of aryl methyl sites for hydroxylation is 1. The Morgan fingerprint density at radius 2 is 2.15 bits per heavy atom. The Bertz CT molecular complexity index is 623. The molecule has 1 heterocycles. The zero-order valence-electron chi connectivity index (χ0n) is 11.6. The van der Waals surface area contributed by atoms with Crippen LogP contribution < -0.4 is 16.0 Å². The molecule has 2 rings (SSSR count). The van der Waals surface area contributed by atoms with Crippen molar-refractivity contribution in [2.24, 2.45) is 5.73 Å². The number of ether oxygens (including phenoxy) is 1. The van der Waals surface area contributed by atoms with Gasteiger partial charge >= 0.3 is 0 Å². The summed E-state index contributed by atoms with van der Waals surface area (Å²) in [5.41, 5.74) is 7.09. The largest absolute Gasteiger partial charge is 0.493 e. The van der Waals surface area contributed by atoms with E-state index in [1.54, 1.807) is 0 Å². The molecule has 0 aliphatic heterocycles. The van der Waals surface area contributed by atoms with Crippen molar-refractivity contribution in [3.63, 3.8) is 0 Å². The number of aromatic nitrogens is 2. The summed E-state index contributed by atoms with van der Waals surface area (Å²) in [5, 5.41) is 0. The second kappa shape index (κ2) is 6.86. The van der Waals surface area contributed by atoms with Gasteiger partial charge in [-0.1, -0.05) is 25.1 Å². The van der Waals surface area contributed by atoms with Gasteiger partial charge in [0.2, 0.25) is 0 Å². The third-order valence-electron chi connectivity index (χ3n) is 3.00. The van der Waals surface area contributed by atoms with Crippen molar-refractivity contribution in [3.8, 4) is 5.75 Å². The maximum atomic E-state index is 11.4. The van der Waals surface area contributed by atoms with Crippen LogP contribution in [0.2, 0.25) is 0 Å². The zero-order valence-corrected chi connectivity index (χ0v) is 11.6. The molecule has 0 fully saturated rings. The Morgan fingerprint density at radius 1 is 1.35 bits per heavy atom. The van der Waals surface area contributed by atoms with E-state index in [9.17, 15) is 4.79 Å². The van der Waals surface area contributed by atoms with Gasteiger partial charge in [0.25, 0.3) is 5.56 Å². The van der Waals surface area contributed by atoms with Gasteiger partial charge in [-0.05, 0) is 18.1 Å². The second-order valence-corrected chi connectivity index (χ2v) is 4.45. The number of para-hydroxylation sites is 1. The molecule has 0 radical (unpaired) electrons. The molecule has 5 heteroatoms. The summed E-state index contributed by atoms with van der Waals surface area (Å²) in [7, 11) is 0. The number of benzene rings is 1. The quantitative estimate of drug-likeness (QED) is 0.834. The minimum Gasteiger partial charge on any atom is -0.493 e. The number of H-pyrrole nitrogens is 1. The van der Waals surface area contributed by atoms with Crippen LogP contribution >= 0.6 is 0 Å². The molecule has 0 unspecified atom stereocenters. The van der Waals surface area contributed by atoms with E-state index >= 15 is 0 Å². The van der Waals surface area contributed by atoms with Crippen molar-refractivity contribution in [1.82, 2.24) is 9.97 Å². The van der Waals surface area contributed by atoms with Gasteiger partial charge in [-0.15, -0.1) is 0 Å². The van der Waals surface area contributed by atoms with Crippen LogP contribution in [-0.4, -0.2) is 16.6 Å². The fourth-order valence-corrected chi connectivity index (χ4v) is 1.98. The van der Waals surface area contributed by atoms with E-state index in [-0.39, 0.29) is 12.1 Å². The van der Waals surface area contributed by atoms with Crippen LogP contribution in [0.1, 0.15) is 24.0 Å². The first kappa shape index (κ1) is 14.3. The molecule has 0 saturated heterocycles. The van der Waals surface area contributed by atoms with Crippen molar-refractivity contribution in [2.45, 2.75) is 26.3 Å². The van der Waals surface area contributed by atoms with Crippen LogP contribution in [0.4, 0.5) is 0 Å². The first-order chi connectivity index (χ1) is 9.72. The summed E-state index contributed by atoms with van der Waals surface area (Å²) in [6, 6.07) is 9.35. The summed E-state index contributed by atoms with van der Waals surface area (Å²) in [4.78, 5) is 18.4. The molecule has 0 saturated carbocycles. The van der Waals surface area contributed by atoms with E-state index in [2.05, 4.69) is 16.9 Å². The second-order valence-electron chi connectivity index (χ2n) is 4.45. The predicted molar refractivity (Wildman–Crippen MR) is 77.8 cm³/mol. The molecule has 3 N–H and O–H groups in total. The molecule has 0 aliphatic carbocycles. The summed E-state index contributed by atoms with van der Waals surface area (Å²) in [5.74, 6) is 1.49. The minimum absolute atomic E-state index is 0.176. The van der Waals surface area contributed by atoms with Gasteiger partial charge in [0.05, 0.1) is 12.3 Å². The van der Waals surface area contributed by atoms with Gasteiger partial charge in [0.15, 0.2) is 0 Å². The Labute approximate surface area is 117 Å². The molecule has 2 aromatic rings. The standard InChI is InChI=1S/C15H19N3O2/c1-2-11-5-3-4-6-13(11)20-8-7-14-17-12(10-16)9-15(19)18-14/h3-6,9H,2,7-8,10,16H2,1H3,(H,17,18,19). The summed E-state index contributed by atoms with van der Waals surface area (Å²) in [6.45, 7) is 2.82. The fourth-order valence-electron chi connectivity index (χ4n) is 1.98. The van der Waals surface area contributed by atoms with Crippen LogP contribution in [0.5, 0.6) is 5.75 Å². The normalized spacial score (nSPS) is 10.5. The van der Waals surface area contributed by atoms with Crippen molar-refractivity contribution in [1.29, 1.82) is 0 Å². The van der Waals surface area contributed by atoms with E-state index in [0.717, 1.165) is 12.2 Å². The van der Waals surface area contributed by atoms with Gasteiger partial charge in [-0.2, -0.15) is 0 Å². The lowest BCUT2D eigenvalue weighted by Crippen LogP contribution is -2.16. The summed E-state index contributed by atoms with van der Waals surface area (Å²) >= 11 is 0. The van der Waals surface area contributed by atoms with Crippen molar-refractivity contribution < 1.29 is 4.74 Å². The first-order valence-electron chi connectivity index (χ1n) is 6.72. The average Bonchev–Trinajstić information content (AvgIpc) is 2.47. The highest BCUT2D eigenvalue weighted by Crippen LogP contribution is 2.18. The molecule has 1 aromatic carbocycles. The average molecular weight is 273 g/mol. The molecule has 0 amide bonds. The SMILES string of the molecule is CCc1ccccc1OCCc1nc(CN)cc(=O)[nH]1. The van der Waals surface area contributed by atoms with E-state index in [4.69, 9.17) is 10.5 Å². The Balaban J connectivity index is 1.99. The summed E-state index contributed by atoms with van der Waals surface area (Å²) < 4.78 is 5.75. The van der Waals surface area contributed by atoms with E-state index in [1.165, 1.54) is 11.6 Å². The number of nitrogens with zero attached hydrogens (tertiary/aromatic N) is 1. The molecular formula is C15H19N3O2. The maximum absolute atomic E-state index is 11.4. The summed E-state index contributed by atoms with van der Waals surface area (Å²) in [6.07, 6.45) is 1.47. The van der Waals surface area contributed by atoms with Gasteiger partial charge in [-0.3, -0.25) is 4.79 Å². The number of rotatable bonds is 6. The van der Waals surface area contributed by atoms with Gasteiger partial charge in [-0.25, -0.2) is 4.98 Å². The Kier molecular flexibility index (Phi) is 4.90. The van der Waals surface area contributed by atoms with E-state index in [0.29, 0.717) is 24.5 Å². The highest BCUT2D eigenvalue weighted by molar-refractivity contribution is 5.33. The minimum atomic E-state index is -0.176. The third kappa shape index (κ3) is 3.68. The molecule has 20 heavy (non-hydrogen) atoms. The van der Waals surface area contributed by atoms with Crippen LogP contribution in [0.15, 0.2) is 35.1 Å². The molecule has 5 nitrogen and oxygen atoms in total. The predicted octanol–water partition coefficient (Wildman–Crippen LogP) is 1.41. The van der Waals surface area contributed by atoms with E-state index in [1.807, 2.05) is 24.3 Å². The molecule has 0 bridgehead atoms. The number of nitrogens with two attached hydrogens (primary N) is 1. The van der Waals surface area contributed by atoms with Crippen molar-refractivity contribution in [2.75, 3.05) is 6.61 Å². The molecule has 1 aromatic heterocycles. The smallest absolute Gasteiger partial charge is 0.251 e.